The third kappa shape index (κ3) is 4.93. The molecule has 2 rings (SSSR count). The Kier molecular flexibility index (Phi) is 5.63. The normalized spacial score (nSPS) is 14.0. The van der Waals surface area contributed by atoms with Crippen molar-refractivity contribution in [3.05, 3.63) is 35.4 Å². The second kappa shape index (κ2) is 7.52. The maximum atomic E-state index is 12.2. The molecule has 1 amide bonds. The monoisotopic (exact) mass is 347 g/mol. The highest BCUT2D eigenvalue weighted by Crippen LogP contribution is 2.21. The van der Waals surface area contributed by atoms with Crippen molar-refractivity contribution in [3.63, 3.8) is 0 Å². The van der Waals surface area contributed by atoms with Gasteiger partial charge in [-0.2, -0.15) is 0 Å². The van der Waals surface area contributed by atoms with Crippen LogP contribution in [0, 0.1) is 12.3 Å². The molecular weight excluding hydrogens is 322 g/mol. The van der Waals surface area contributed by atoms with Crippen LogP contribution in [0.4, 0.5) is 5.69 Å². The summed E-state index contributed by atoms with van der Waals surface area (Å²) in [6, 6.07) is 1.67. The second-order valence-electron chi connectivity index (χ2n) is 6.94. The fourth-order valence-corrected chi connectivity index (χ4v) is 2.09. The van der Waals surface area contributed by atoms with Crippen molar-refractivity contribution in [3.8, 4) is 0 Å². The maximum absolute atomic E-state index is 12.2. The number of carbonyl (C=O) groups excluding carboxylic acids is 2. The van der Waals surface area contributed by atoms with Crippen LogP contribution in [-0.4, -0.2) is 30.0 Å². The Morgan fingerprint density at radius 3 is 2.72 bits per heavy atom. The van der Waals surface area contributed by atoms with Crippen LogP contribution in [0.5, 0.6) is 0 Å². The van der Waals surface area contributed by atoms with Crippen LogP contribution in [0.15, 0.2) is 24.2 Å². The van der Waals surface area contributed by atoms with E-state index in [0.717, 1.165) is 0 Å². The highest BCUT2D eigenvalue weighted by molar-refractivity contribution is 5.94. The Bertz CT molecular complexity index is 694. The highest BCUT2D eigenvalue weighted by Gasteiger charge is 2.22. The van der Waals surface area contributed by atoms with Crippen molar-refractivity contribution in [2.24, 2.45) is 5.41 Å². The van der Waals surface area contributed by atoms with Gasteiger partial charge in [0.25, 0.3) is 5.91 Å². The van der Waals surface area contributed by atoms with Gasteiger partial charge in [0.05, 0.1) is 29.8 Å². The van der Waals surface area contributed by atoms with Gasteiger partial charge in [-0.1, -0.05) is 20.8 Å². The number of aromatic nitrogens is 1. The minimum Gasteiger partial charge on any atom is -0.462 e. The number of aryl methyl sites for hydroxylation is 1. The van der Waals surface area contributed by atoms with Gasteiger partial charge >= 0.3 is 5.97 Å². The van der Waals surface area contributed by atoms with Gasteiger partial charge < -0.3 is 10.1 Å². The van der Waals surface area contributed by atoms with Crippen LogP contribution in [0.3, 0.4) is 0 Å². The maximum Gasteiger partial charge on any atom is 0.339 e. The number of nitrogens with one attached hydrogen (secondary N) is 3. The van der Waals surface area contributed by atoms with Crippen molar-refractivity contribution in [2.45, 2.75) is 34.6 Å². The number of pyridine rings is 1. The summed E-state index contributed by atoms with van der Waals surface area (Å²) in [6.45, 7) is 10.6. The van der Waals surface area contributed by atoms with Crippen LogP contribution in [0.25, 0.3) is 0 Å². The largest absolute Gasteiger partial charge is 0.462 e. The molecule has 0 radical (unpaired) electrons. The molecule has 0 aromatic carbocycles. The molecule has 0 aliphatic carbocycles. The number of hydrogen-bond acceptors (Lipinski definition) is 7. The number of carbonyl (C=O) groups is 2. The first-order chi connectivity index (χ1) is 11.7. The first-order valence-corrected chi connectivity index (χ1v) is 8.16. The Labute approximate surface area is 147 Å². The average molecular weight is 347 g/mol. The molecule has 0 atom stereocenters. The zero-order valence-corrected chi connectivity index (χ0v) is 15.3. The van der Waals surface area contributed by atoms with Gasteiger partial charge in [-0.25, -0.2) is 4.79 Å². The van der Waals surface area contributed by atoms with Gasteiger partial charge in [0, 0.05) is 12.7 Å². The summed E-state index contributed by atoms with van der Waals surface area (Å²) < 4.78 is 5.00. The van der Waals surface area contributed by atoms with E-state index in [1.54, 1.807) is 24.2 Å². The van der Waals surface area contributed by atoms with E-state index >= 15 is 0 Å². The molecule has 8 nitrogen and oxygen atoms in total. The minimum atomic E-state index is -0.435. The summed E-state index contributed by atoms with van der Waals surface area (Å²) in [5, 5.41) is 4.48. The number of ether oxygens (including phenoxy) is 1. The first-order valence-electron chi connectivity index (χ1n) is 8.16. The summed E-state index contributed by atoms with van der Waals surface area (Å²) >= 11 is 0. The molecular formula is C17H25N5O3. The molecule has 1 aromatic rings. The summed E-state index contributed by atoms with van der Waals surface area (Å²) in [4.78, 5) is 28.3. The molecule has 1 aliphatic rings. The second-order valence-corrected chi connectivity index (χ2v) is 6.94. The van der Waals surface area contributed by atoms with E-state index in [2.05, 4.69) is 21.3 Å². The van der Waals surface area contributed by atoms with Crippen molar-refractivity contribution >= 4 is 17.6 Å². The molecule has 3 N–H and O–H groups in total. The third-order valence-electron chi connectivity index (χ3n) is 3.42. The number of hydrazine groups is 2. The minimum absolute atomic E-state index is 0.00355. The number of anilines is 1. The lowest BCUT2D eigenvalue weighted by Gasteiger charge is -2.18. The molecule has 1 aliphatic heterocycles. The van der Waals surface area contributed by atoms with Crippen LogP contribution in [0.1, 0.15) is 43.7 Å². The lowest BCUT2D eigenvalue weighted by molar-refractivity contribution is -0.118. The Hall–Kier alpha value is -2.61. The summed E-state index contributed by atoms with van der Waals surface area (Å²) in [5.41, 5.74) is 7.78. The smallest absolute Gasteiger partial charge is 0.339 e. The summed E-state index contributed by atoms with van der Waals surface area (Å²) in [7, 11) is 0. The predicted octanol–water partition coefficient (Wildman–Crippen LogP) is 1.40. The summed E-state index contributed by atoms with van der Waals surface area (Å²) in [6.07, 6.45) is 3.10. The molecule has 25 heavy (non-hydrogen) atoms. The number of esters is 1. The Balaban J connectivity index is 2.14. The topological polar surface area (TPSA) is 95.6 Å². The van der Waals surface area contributed by atoms with Crippen LogP contribution in [0.2, 0.25) is 0 Å². The van der Waals surface area contributed by atoms with Gasteiger partial charge in [0.1, 0.15) is 5.70 Å². The van der Waals surface area contributed by atoms with Gasteiger partial charge in [-0.3, -0.25) is 20.2 Å². The Morgan fingerprint density at radius 1 is 1.36 bits per heavy atom. The van der Waals surface area contributed by atoms with E-state index in [-0.39, 0.29) is 11.3 Å². The quantitative estimate of drug-likeness (QED) is 0.693. The average Bonchev–Trinajstić information content (AvgIpc) is 3.02. The number of rotatable bonds is 5. The zero-order chi connectivity index (χ0) is 18.6. The van der Waals surface area contributed by atoms with Crippen molar-refractivity contribution in [1.29, 1.82) is 0 Å². The molecule has 0 saturated carbocycles. The fourth-order valence-electron chi connectivity index (χ4n) is 2.09. The zero-order valence-electron chi connectivity index (χ0n) is 15.3. The van der Waals surface area contributed by atoms with E-state index in [1.165, 1.54) is 6.20 Å². The van der Waals surface area contributed by atoms with E-state index in [4.69, 9.17) is 4.74 Å². The first kappa shape index (κ1) is 18.7. The molecule has 0 saturated heterocycles. The standard InChI is InChI=1S/C17H25N5O3/c1-6-25-16(24)12-7-14(11(2)18-8-12)22-9-13(20-21-22)15(23)19-10-17(3,4)5/h7-9,20-21H,6,10H2,1-5H3,(H,19,23). The molecule has 0 unspecified atom stereocenters. The lowest BCUT2D eigenvalue weighted by Crippen LogP contribution is -2.40. The number of hydrogen-bond donors (Lipinski definition) is 3. The van der Waals surface area contributed by atoms with E-state index < -0.39 is 5.97 Å². The summed E-state index contributed by atoms with van der Waals surface area (Å²) in [5.74, 6) is -0.646. The lowest BCUT2D eigenvalue weighted by atomic mass is 9.97. The molecule has 1 aromatic heterocycles. The van der Waals surface area contributed by atoms with Crippen LogP contribution in [-0.2, 0) is 9.53 Å². The molecule has 2 heterocycles. The van der Waals surface area contributed by atoms with Crippen LogP contribution >= 0.6 is 0 Å². The number of amides is 1. The molecule has 8 heteroatoms. The van der Waals surface area contributed by atoms with E-state index in [9.17, 15) is 9.59 Å². The van der Waals surface area contributed by atoms with Gasteiger partial charge in [-0.15, -0.1) is 5.53 Å². The molecule has 136 valence electrons. The van der Waals surface area contributed by atoms with Gasteiger partial charge in [0.2, 0.25) is 0 Å². The molecule has 0 fully saturated rings. The predicted molar refractivity (Wildman–Crippen MR) is 94.2 cm³/mol. The van der Waals surface area contributed by atoms with E-state index in [0.29, 0.717) is 35.8 Å². The van der Waals surface area contributed by atoms with Gasteiger partial charge in [-0.05, 0) is 25.3 Å². The van der Waals surface area contributed by atoms with Gasteiger partial charge in [0.15, 0.2) is 0 Å². The van der Waals surface area contributed by atoms with Crippen molar-refractivity contribution in [1.82, 2.24) is 21.3 Å². The van der Waals surface area contributed by atoms with Crippen molar-refractivity contribution < 1.29 is 14.3 Å². The van der Waals surface area contributed by atoms with E-state index in [1.807, 2.05) is 27.7 Å². The van der Waals surface area contributed by atoms with Crippen molar-refractivity contribution in [2.75, 3.05) is 18.2 Å². The number of nitrogens with zero attached hydrogens (tertiary/aromatic N) is 2. The third-order valence-corrected chi connectivity index (χ3v) is 3.42. The SMILES string of the molecule is CCOC(=O)c1cnc(C)c(N2C=C(C(=O)NCC(C)(C)C)NN2)c1. The fraction of sp³-hybridized carbons (Fsp3) is 0.471. The molecule has 0 bridgehead atoms. The Morgan fingerprint density at radius 2 is 2.08 bits per heavy atom. The molecule has 0 spiro atoms. The van der Waals surface area contributed by atoms with Crippen LogP contribution < -0.4 is 21.3 Å². The highest BCUT2D eigenvalue weighted by atomic mass is 16.5.